The summed E-state index contributed by atoms with van der Waals surface area (Å²) in [6, 6.07) is 7.41. The SMILES string of the molecule is O=C(CCCCC1CCSS1)N1CCN(Cc2nc3ccccc3c(=O)[nH]2)CC1. The van der Waals surface area contributed by atoms with E-state index in [1.54, 1.807) is 6.07 Å². The zero-order valence-electron chi connectivity index (χ0n) is 16.6. The zero-order valence-corrected chi connectivity index (χ0v) is 18.3. The molecule has 3 heterocycles. The van der Waals surface area contributed by atoms with Gasteiger partial charge < -0.3 is 9.88 Å². The third-order valence-corrected chi connectivity index (χ3v) is 8.66. The number of amides is 1. The summed E-state index contributed by atoms with van der Waals surface area (Å²) in [5.41, 5.74) is 0.642. The van der Waals surface area contributed by atoms with Crippen LogP contribution in [-0.2, 0) is 11.3 Å². The molecule has 2 aliphatic rings. The van der Waals surface area contributed by atoms with Crippen LogP contribution in [0, 0.1) is 0 Å². The lowest BCUT2D eigenvalue weighted by Crippen LogP contribution is -2.48. The Morgan fingerprint density at radius 1 is 1.17 bits per heavy atom. The van der Waals surface area contributed by atoms with Crippen molar-refractivity contribution in [3.8, 4) is 0 Å². The van der Waals surface area contributed by atoms with Crippen molar-refractivity contribution < 1.29 is 4.79 Å². The average molecular weight is 433 g/mol. The maximum Gasteiger partial charge on any atom is 0.258 e. The predicted molar refractivity (Wildman–Crippen MR) is 121 cm³/mol. The van der Waals surface area contributed by atoms with E-state index in [0.29, 0.717) is 24.2 Å². The van der Waals surface area contributed by atoms with Crippen LogP contribution in [0.15, 0.2) is 29.1 Å². The quantitative estimate of drug-likeness (QED) is 0.535. The van der Waals surface area contributed by atoms with Gasteiger partial charge in [0.05, 0.1) is 17.4 Å². The molecule has 29 heavy (non-hydrogen) atoms. The van der Waals surface area contributed by atoms with E-state index in [2.05, 4.69) is 14.9 Å². The van der Waals surface area contributed by atoms with Crippen LogP contribution < -0.4 is 5.56 Å². The smallest absolute Gasteiger partial charge is 0.258 e. The van der Waals surface area contributed by atoms with Crippen molar-refractivity contribution in [2.45, 2.75) is 43.9 Å². The summed E-state index contributed by atoms with van der Waals surface area (Å²) in [6.45, 7) is 3.76. The fourth-order valence-electron chi connectivity index (χ4n) is 3.95. The first-order valence-electron chi connectivity index (χ1n) is 10.5. The van der Waals surface area contributed by atoms with E-state index in [-0.39, 0.29) is 11.5 Å². The van der Waals surface area contributed by atoms with Gasteiger partial charge in [-0.3, -0.25) is 14.5 Å². The first-order chi connectivity index (χ1) is 14.2. The molecule has 6 nitrogen and oxygen atoms in total. The molecule has 0 radical (unpaired) electrons. The molecule has 8 heteroatoms. The maximum absolute atomic E-state index is 12.5. The van der Waals surface area contributed by atoms with Gasteiger partial charge in [0.1, 0.15) is 5.82 Å². The molecular weight excluding hydrogens is 404 g/mol. The summed E-state index contributed by atoms with van der Waals surface area (Å²) in [5.74, 6) is 2.26. The third-order valence-electron chi connectivity index (χ3n) is 5.65. The maximum atomic E-state index is 12.5. The van der Waals surface area contributed by atoms with Gasteiger partial charge >= 0.3 is 0 Å². The van der Waals surface area contributed by atoms with Gasteiger partial charge in [-0.05, 0) is 31.4 Å². The first-order valence-corrected chi connectivity index (χ1v) is 12.8. The molecule has 0 aliphatic carbocycles. The second-order valence-electron chi connectivity index (χ2n) is 7.76. The van der Waals surface area contributed by atoms with E-state index >= 15 is 0 Å². The van der Waals surface area contributed by atoms with Crippen LogP contribution in [0.5, 0.6) is 0 Å². The number of carbonyl (C=O) groups is 1. The van der Waals surface area contributed by atoms with E-state index in [1.165, 1.54) is 18.6 Å². The van der Waals surface area contributed by atoms with Crippen molar-refractivity contribution in [1.29, 1.82) is 0 Å². The molecule has 2 aliphatic heterocycles. The number of nitrogens with one attached hydrogen (secondary N) is 1. The highest BCUT2D eigenvalue weighted by Crippen LogP contribution is 2.39. The van der Waals surface area contributed by atoms with Crippen LogP contribution in [0.2, 0.25) is 0 Å². The summed E-state index contributed by atoms with van der Waals surface area (Å²) in [4.78, 5) is 36.4. The number of H-pyrrole nitrogens is 1. The highest BCUT2D eigenvalue weighted by Gasteiger charge is 2.22. The van der Waals surface area contributed by atoms with Crippen LogP contribution in [-0.4, -0.2) is 62.9 Å². The van der Waals surface area contributed by atoms with E-state index < -0.39 is 0 Å². The molecule has 1 amide bonds. The van der Waals surface area contributed by atoms with Gasteiger partial charge in [-0.15, -0.1) is 0 Å². The molecule has 4 rings (SSSR count). The Morgan fingerprint density at radius 2 is 2.00 bits per heavy atom. The average Bonchev–Trinajstić information content (AvgIpc) is 3.25. The predicted octanol–water partition coefficient (Wildman–Crippen LogP) is 3.28. The van der Waals surface area contributed by atoms with Crippen molar-refractivity contribution in [3.05, 3.63) is 40.4 Å². The molecule has 1 unspecified atom stereocenters. The zero-order chi connectivity index (χ0) is 20.1. The number of rotatable bonds is 7. The number of fused-ring (bicyclic) bond motifs is 1. The standard InChI is InChI=1S/C21H28N4O2S2/c26-20(8-4-1-5-16-9-14-28-29-16)25-12-10-24(11-13-25)15-19-22-18-7-3-2-6-17(18)21(27)23-19/h2-3,6-7,16H,1,4-5,8-15H2,(H,22,23,27). The van der Waals surface area contributed by atoms with Crippen LogP contribution >= 0.6 is 21.6 Å². The van der Waals surface area contributed by atoms with E-state index in [9.17, 15) is 9.59 Å². The van der Waals surface area contributed by atoms with E-state index in [1.807, 2.05) is 44.7 Å². The van der Waals surface area contributed by atoms with Crippen molar-refractivity contribution in [1.82, 2.24) is 19.8 Å². The second-order valence-corrected chi connectivity index (χ2v) is 10.5. The fraction of sp³-hybridized carbons (Fsp3) is 0.571. The normalized spacial score (nSPS) is 20.4. The van der Waals surface area contributed by atoms with Crippen LogP contribution in [0.4, 0.5) is 0 Å². The minimum atomic E-state index is -0.0889. The lowest BCUT2D eigenvalue weighted by molar-refractivity contribution is -0.133. The molecule has 0 bridgehead atoms. The summed E-state index contributed by atoms with van der Waals surface area (Å²) in [5, 5.41) is 1.42. The molecule has 1 N–H and O–H groups in total. The third kappa shape index (κ3) is 5.55. The minimum absolute atomic E-state index is 0.0889. The van der Waals surface area contributed by atoms with Gasteiger partial charge in [0, 0.05) is 43.6 Å². The number of aromatic amines is 1. The molecule has 2 fully saturated rings. The van der Waals surface area contributed by atoms with Crippen molar-refractivity contribution in [2.75, 3.05) is 31.9 Å². The van der Waals surface area contributed by atoms with Gasteiger partial charge in [-0.1, -0.05) is 40.1 Å². The van der Waals surface area contributed by atoms with E-state index in [4.69, 9.17) is 0 Å². The Bertz CT molecular complexity index is 890. The van der Waals surface area contributed by atoms with E-state index in [0.717, 1.165) is 49.8 Å². The molecule has 156 valence electrons. The van der Waals surface area contributed by atoms with Gasteiger partial charge in [0.25, 0.3) is 5.56 Å². The van der Waals surface area contributed by atoms with Gasteiger partial charge in [-0.25, -0.2) is 4.98 Å². The number of aromatic nitrogens is 2. The van der Waals surface area contributed by atoms with Gasteiger partial charge in [0.2, 0.25) is 5.91 Å². The number of benzene rings is 1. The number of nitrogens with zero attached hydrogens (tertiary/aromatic N) is 3. The molecule has 2 saturated heterocycles. The molecule has 1 atom stereocenters. The molecule has 1 aromatic heterocycles. The first kappa shape index (κ1) is 20.8. The Balaban J connectivity index is 1.21. The summed E-state index contributed by atoms with van der Waals surface area (Å²) < 4.78 is 0. The highest BCUT2D eigenvalue weighted by molar-refractivity contribution is 8.77. The topological polar surface area (TPSA) is 69.3 Å². The lowest BCUT2D eigenvalue weighted by Gasteiger charge is -2.34. The fourth-order valence-corrected chi connectivity index (χ4v) is 6.98. The number of unbranched alkanes of at least 4 members (excludes halogenated alkanes) is 1. The van der Waals surface area contributed by atoms with Crippen LogP contribution in [0.25, 0.3) is 10.9 Å². The van der Waals surface area contributed by atoms with Gasteiger partial charge in [-0.2, -0.15) is 0 Å². The second kappa shape index (κ2) is 10.00. The lowest BCUT2D eigenvalue weighted by atomic mass is 10.1. The monoisotopic (exact) mass is 432 g/mol. The number of hydrogen-bond donors (Lipinski definition) is 1. The van der Waals surface area contributed by atoms with Gasteiger partial charge in [0.15, 0.2) is 0 Å². The van der Waals surface area contributed by atoms with Crippen molar-refractivity contribution in [3.63, 3.8) is 0 Å². The molecule has 2 aromatic rings. The Hall–Kier alpha value is -1.51. The molecule has 0 spiro atoms. The molecule has 0 saturated carbocycles. The van der Waals surface area contributed by atoms with Crippen LogP contribution in [0.1, 0.15) is 37.9 Å². The Morgan fingerprint density at radius 3 is 2.79 bits per heavy atom. The highest BCUT2D eigenvalue weighted by atomic mass is 33.1. The largest absolute Gasteiger partial charge is 0.340 e. The van der Waals surface area contributed by atoms with Crippen molar-refractivity contribution >= 4 is 38.4 Å². The number of hydrogen-bond acceptors (Lipinski definition) is 6. The summed E-state index contributed by atoms with van der Waals surface area (Å²) in [7, 11) is 4.00. The minimum Gasteiger partial charge on any atom is -0.340 e. The Labute approximate surface area is 179 Å². The summed E-state index contributed by atoms with van der Waals surface area (Å²) >= 11 is 0. The molecular formula is C21H28N4O2S2. The molecule has 1 aromatic carbocycles. The number of para-hydroxylation sites is 1. The summed E-state index contributed by atoms with van der Waals surface area (Å²) in [6.07, 6.45) is 5.40. The van der Waals surface area contributed by atoms with Crippen LogP contribution in [0.3, 0.4) is 0 Å². The number of piperazine rings is 1. The van der Waals surface area contributed by atoms with Crippen molar-refractivity contribution in [2.24, 2.45) is 0 Å². The Kier molecular flexibility index (Phi) is 7.15. The number of carbonyl (C=O) groups excluding carboxylic acids is 1.